The molecular weight excluding hydrogens is 683 g/mol. The summed E-state index contributed by atoms with van der Waals surface area (Å²) in [4.78, 5) is 23.1. The van der Waals surface area contributed by atoms with E-state index >= 15 is 0 Å². The third-order valence-electron chi connectivity index (χ3n) is 10.3. The van der Waals surface area contributed by atoms with Crippen molar-refractivity contribution in [2.45, 2.75) is 225 Å². The summed E-state index contributed by atoms with van der Waals surface area (Å²) in [5, 5.41) is 13.9. The van der Waals surface area contributed by atoms with Gasteiger partial charge in [0.2, 0.25) is 5.91 Å². The molecule has 9 heteroatoms. The van der Waals surface area contributed by atoms with Crippen molar-refractivity contribution in [3.05, 3.63) is 12.2 Å². The van der Waals surface area contributed by atoms with Crippen molar-refractivity contribution in [2.75, 3.05) is 40.9 Å². The summed E-state index contributed by atoms with van der Waals surface area (Å²) in [5.74, 6) is -0.153. The molecule has 3 unspecified atom stereocenters. The SMILES string of the molecule is CCCCCC/C=C\CCCCCCCC(=O)NC(COP(=O)(O)OCC[N+](C)(C)C)C(O)CCCCCCCCCCCCCCCCCCCC. The quantitative estimate of drug-likeness (QED) is 0.0247. The Morgan fingerprint density at radius 2 is 1.02 bits per heavy atom. The number of carbonyl (C=O) groups excluding carboxylic acids is 1. The molecule has 0 radical (unpaired) electrons. The van der Waals surface area contributed by atoms with Crippen LogP contribution in [0.25, 0.3) is 0 Å². The summed E-state index contributed by atoms with van der Waals surface area (Å²) in [5.41, 5.74) is 0. The second kappa shape index (κ2) is 36.9. The number of amides is 1. The van der Waals surface area contributed by atoms with Crippen LogP contribution in [-0.2, 0) is 18.4 Å². The van der Waals surface area contributed by atoms with E-state index in [1.54, 1.807) is 0 Å². The van der Waals surface area contributed by atoms with Crippen molar-refractivity contribution in [2.24, 2.45) is 0 Å². The molecule has 0 aromatic heterocycles. The zero-order valence-corrected chi connectivity index (χ0v) is 36.7. The number of nitrogens with one attached hydrogen (secondary N) is 1. The van der Waals surface area contributed by atoms with Crippen molar-refractivity contribution < 1.29 is 32.9 Å². The van der Waals surface area contributed by atoms with E-state index in [4.69, 9.17) is 9.05 Å². The van der Waals surface area contributed by atoms with Crippen molar-refractivity contribution >= 4 is 13.7 Å². The molecule has 0 saturated carbocycles. The van der Waals surface area contributed by atoms with E-state index in [1.807, 2.05) is 21.1 Å². The number of likely N-dealkylation sites (N-methyl/N-ethyl adjacent to an activating group) is 1. The van der Waals surface area contributed by atoms with Crippen LogP contribution in [0.2, 0.25) is 0 Å². The molecule has 0 aliphatic rings. The largest absolute Gasteiger partial charge is 0.472 e. The molecule has 0 bridgehead atoms. The summed E-state index contributed by atoms with van der Waals surface area (Å²) in [6, 6.07) is -0.760. The van der Waals surface area contributed by atoms with E-state index in [2.05, 4.69) is 31.3 Å². The van der Waals surface area contributed by atoms with E-state index in [9.17, 15) is 19.4 Å². The predicted molar refractivity (Wildman–Crippen MR) is 226 cm³/mol. The molecule has 0 spiro atoms. The third kappa shape index (κ3) is 39.3. The maximum absolute atomic E-state index is 12.9. The van der Waals surface area contributed by atoms with Gasteiger partial charge in [0.25, 0.3) is 0 Å². The minimum atomic E-state index is -4.31. The first-order valence-corrected chi connectivity index (χ1v) is 24.0. The van der Waals surface area contributed by atoms with Crippen LogP contribution in [0.1, 0.15) is 213 Å². The Balaban J connectivity index is 4.34. The van der Waals surface area contributed by atoms with Gasteiger partial charge in [-0.3, -0.25) is 13.8 Å². The van der Waals surface area contributed by atoms with Crippen LogP contribution in [0.15, 0.2) is 12.2 Å². The Kier molecular flexibility index (Phi) is 36.3. The van der Waals surface area contributed by atoms with E-state index in [1.165, 1.54) is 135 Å². The second-order valence-electron chi connectivity index (χ2n) is 16.8. The van der Waals surface area contributed by atoms with Gasteiger partial charge in [-0.15, -0.1) is 0 Å². The van der Waals surface area contributed by atoms with Crippen LogP contribution in [0.4, 0.5) is 0 Å². The Hall–Kier alpha value is -0.760. The molecule has 0 aromatic carbocycles. The number of unbranched alkanes of at least 4 members (excludes halogenated alkanes) is 26. The molecule has 0 heterocycles. The molecule has 0 fully saturated rings. The Labute approximate surface area is 329 Å². The fraction of sp³-hybridized carbons (Fsp3) is 0.932. The van der Waals surface area contributed by atoms with Gasteiger partial charge in [0.1, 0.15) is 13.2 Å². The normalized spacial score (nSPS) is 14.5. The summed E-state index contributed by atoms with van der Waals surface area (Å²) in [6.45, 7) is 4.87. The fourth-order valence-electron chi connectivity index (χ4n) is 6.63. The van der Waals surface area contributed by atoms with Crippen molar-refractivity contribution in [3.8, 4) is 0 Å². The summed E-state index contributed by atoms with van der Waals surface area (Å²) < 4.78 is 23.6. The number of nitrogens with zero attached hydrogens (tertiary/aromatic N) is 1. The molecule has 1 amide bonds. The molecule has 0 aliphatic heterocycles. The van der Waals surface area contributed by atoms with E-state index < -0.39 is 20.0 Å². The van der Waals surface area contributed by atoms with Crippen LogP contribution < -0.4 is 5.32 Å². The van der Waals surface area contributed by atoms with Crippen LogP contribution >= 0.6 is 7.82 Å². The number of aliphatic hydroxyl groups is 1. The van der Waals surface area contributed by atoms with Gasteiger partial charge in [-0.1, -0.05) is 180 Å². The maximum Gasteiger partial charge on any atom is 0.472 e. The zero-order valence-electron chi connectivity index (χ0n) is 35.8. The number of allylic oxidation sites excluding steroid dienone is 2. The number of aliphatic hydroxyl groups excluding tert-OH is 1. The van der Waals surface area contributed by atoms with Gasteiger partial charge in [0, 0.05) is 6.42 Å². The van der Waals surface area contributed by atoms with Gasteiger partial charge in [-0.2, -0.15) is 0 Å². The average Bonchev–Trinajstić information content (AvgIpc) is 3.10. The maximum atomic E-state index is 12.9. The number of phosphoric ester groups is 1. The number of carbonyl (C=O) groups is 1. The molecule has 0 aliphatic carbocycles. The summed E-state index contributed by atoms with van der Waals surface area (Å²) >= 11 is 0. The number of hydrogen-bond acceptors (Lipinski definition) is 5. The first-order valence-electron chi connectivity index (χ1n) is 22.6. The van der Waals surface area contributed by atoms with Gasteiger partial charge in [-0.25, -0.2) is 4.57 Å². The molecule has 0 aromatic rings. The van der Waals surface area contributed by atoms with Gasteiger partial charge in [0.15, 0.2) is 0 Å². The molecule has 316 valence electrons. The highest BCUT2D eigenvalue weighted by Crippen LogP contribution is 2.43. The standard InChI is InChI=1S/C44H89N2O6P/c1-6-8-10-12-14-16-18-20-21-22-23-24-26-27-29-31-33-35-37-43(47)42(41-52-53(49,50)51-40-39-46(3,4)5)45-44(48)38-36-34-32-30-28-25-19-17-15-13-11-9-7-2/h17,19,42-43,47H,6-16,18,20-41H2,1-5H3,(H-,45,48,49,50)/p+1/b19-17-. The summed E-state index contributed by atoms with van der Waals surface area (Å²) in [7, 11) is 1.62. The lowest BCUT2D eigenvalue weighted by molar-refractivity contribution is -0.870. The number of hydrogen-bond donors (Lipinski definition) is 3. The molecular formula is C44H90N2O6P+. The van der Waals surface area contributed by atoms with Gasteiger partial charge in [-0.05, 0) is 38.5 Å². The average molecular weight is 774 g/mol. The first-order chi connectivity index (χ1) is 25.5. The van der Waals surface area contributed by atoms with E-state index in [0.717, 1.165) is 51.4 Å². The lowest BCUT2D eigenvalue weighted by Crippen LogP contribution is -2.46. The van der Waals surface area contributed by atoms with Gasteiger partial charge >= 0.3 is 7.82 Å². The highest BCUT2D eigenvalue weighted by atomic mass is 31.2. The smallest absolute Gasteiger partial charge is 0.391 e. The summed E-state index contributed by atoms with van der Waals surface area (Å²) in [6.07, 6.45) is 40.9. The fourth-order valence-corrected chi connectivity index (χ4v) is 7.36. The predicted octanol–water partition coefficient (Wildman–Crippen LogP) is 12.4. The van der Waals surface area contributed by atoms with Gasteiger partial charge in [0.05, 0.1) is 39.9 Å². The first kappa shape index (κ1) is 52.2. The van der Waals surface area contributed by atoms with E-state index in [-0.39, 0.29) is 19.1 Å². The monoisotopic (exact) mass is 774 g/mol. The molecule has 8 nitrogen and oxygen atoms in total. The number of rotatable bonds is 41. The Bertz CT molecular complexity index is 880. The molecule has 0 rings (SSSR count). The lowest BCUT2D eigenvalue weighted by atomic mass is 10.0. The molecule has 0 saturated heterocycles. The highest BCUT2D eigenvalue weighted by molar-refractivity contribution is 7.47. The van der Waals surface area contributed by atoms with Crippen LogP contribution in [0, 0.1) is 0 Å². The van der Waals surface area contributed by atoms with Crippen molar-refractivity contribution in [1.29, 1.82) is 0 Å². The van der Waals surface area contributed by atoms with E-state index in [0.29, 0.717) is 23.9 Å². The van der Waals surface area contributed by atoms with Crippen molar-refractivity contribution in [3.63, 3.8) is 0 Å². The number of phosphoric acid groups is 1. The highest BCUT2D eigenvalue weighted by Gasteiger charge is 2.28. The molecule has 3 atom stereocenters. The minimum Gasteiger partial charge on any atom is -0.391 e. The van der Waals surface area contributed by atoms with Gasteiger partial charge < -0.3 is 19.8 Å². The number of quaternary nitrogens is 1. The van der Waals surface area contributed by atoms with Crippen LogP contribution in [-0.4, -0.2) is 73.4 Å². The minimum absolute atomic E-state index is 0.0749. The second-order valence-corrected chi connectivity index (χ2v) is 18.2. The topological polar surface area (TPSA) is 105 Å². The molecule has 53 heavy (non-hydrogen) atoms. The van der Waals surface area contributed by atoms with Crippen molar-refractivity contribution in [1.82, 2.24) is 5.32 Å². The lowest BCUT2D eigenvalue weighted by Gasteiger charge is -2.26. The Morgan fingerprint density at radius 1 is 0.623 bits per heavy atom. The zero-order chi connectivity index (χ0) is 39.3. The van der Waals surface area contributed by atoms with Crippen LogP contribution in [0.3, 0.4) is 0 Å². The third-order valence-corrected chi connectivity index (χ3v) is 11.2. The Morgan fingerprint density at radius 3 is 1.47 bits per heavy atom. The molecule has 3 N–H and O–H groups in total. The van der Waals surface area contributed by atoms with Crippen LogP contribution in [0.5, 0.6) is 0 Å².